The molecule has 0 spiro atoms. The van der Waals surface area contributed by atoms with E-state index in [2.05, 4.69) is 20.9 Å². The lowest BCUT2D eigenvalue weighted by Gasteiger charge is -2.27. The van der Waals surface area contributed by atoms with Gasteiger partial charge in [-0.05, 0) is 47.4 Å². The number of ether oxygens (including phenoxy) is 4. The van der Waals surface area contributed by atoms with Gasteiger partial charge in [-0.3, -0.25) is 9.97 Å². The summed E-state index contributed by atoms with van der Waals surface area (Å²) in [5.41, 5.74) is 5.54. The van der Waals surface area contributed by atoms with Gasteiger partial charge in [0.05, 0.1) is 49.9 Å². The van der Waals surface area contributed by atoms with Crippen molar-refractivity contribution in [1.82, 2.24) is 15.0 Å². The first kappa shape index (κ1) is 25.4. The van der Waals surface area contributed by atoms with E-state index in [1.807, 2.05) is 42.5 Å². The molecule has 0 N–H and O–H groups in total. The van der Waals surface area contributed by atoms with Gasteiger partial charge in [0.1, 0.15) is 24.0 Å². The number of methoxy groups -OCH3 is 2. The summed E-state index contributed by atoms with van der Waals surface area (Å²) in [5, 5.41) is 10.1. The standard InChI is InChI=1S/C29H29N5O4/c1-35-18-21-3-6-23(31-16-21)19-38-26-8-4-20(14-27(26)36-2)13-22-5-7-25-29(24(22)15-30)33-28(17-32-25)34-9-11-37-12-10-34/h3-8,14,16-17H,9-13,18-19H2,1-2H3. The van der Waals surface area contributed by atoms with E-state index in [-0.39, 0.29) is 0 Å². The number of hydrogen-bond acceptors (Lipinski definition) is 9. The Kier molecular flexibility index (Phi) is 7.92. The molecule has 9 nitrogen and oxygen atoms in total. The van der Waals surface area contributed by atoms with Crippen molar-refractivity contribution in [3.8, 4) is 17.6 Å². The topological polar surface area (TPSA) is 103 Å². The molecule has 5 rings (SSSR count). The molecule has 9 heteroatoms. The maximum Gasteiger partial charge on any atom is 0.161 e. The van der Waals surface area contributed by atoms with Crippen LogP contribution in [0.2, 0.25) is 0 Å². The molecule has 38 heavy (non-hydrogen) atoms. The maximum absolute atomic E-state index is 10.1. The first-order valence-electron chi connectivity index (χ1n) is 12.4. The molecule has 0 unspecified atom stereocenters. The second-order valence-electron chi connectivity index (χ2n) is 8.95. The van der Waals surface area contributed by atoms with Gasteiger partial charge in [-0.1, -0.05) is 18.2 Å². The molecule has 4 aromatic rings. The molecule has 3 heterocycles. The number of rotatable bonds is 9. The monoisotopic (exact) mass is 511 g/mol. The lowest BCUT2D eigenvalue weighted by molar-refractivity contribution is 0.122. The van der Waals surface area contributed by atoms with Crippen LogP contribution in [0.1, 0.15) is 27.9 Å². The second-order valence-corrected chi connectivity index (χ2v) is 8.95. The lowest BCUT2D eigenvalue weighted by atomic mass is 9.98. The minimum atomic E-state index is 0.316. The molecule has 0 radical (unpaired) electrons. The van der Waals surface area contributed by atoms with Gasteiger partial charge in [0, 0.05) is 26.4 Å². The lowest BCUT2D eigenvalue weighted by Crippen LogP contribution is -2.36. The number of benzene rings is 2. The van der Waals surface area contributed by atoms with E-state index in [1.165, 1.54) is 0 Å². The third-order valence-electron chi connectivity index (χ3n) is 6.43. The van der Waals surface area contributed by atoms with Crippen molar-refractivity contribution in [2.45, 2.75) is 19.6 Å². The molecule has 0 saturated carbocycles. The van der Waals surface area contributed by atoms with Gasteiger partial charge in [0.25, 0.3) is 0 Å². The molecular weight excluding hydrogens is 482 g/mol. The van der Waals surface area contributed by atoms with Crippen LogP contribution >= 0.6 is 0 Å². The third-order valence-corrected chi connectivity index (χ3v) is 6.43. The van der Waals surface area contributed by atoms with Gasteiger partial charge in [-0.25, -0.2) is 4.98 Å². The predicted molar refractivity (Wildman–Crippen MR) is 142 cm³/mol. The van der Waals surface area contributed by atoms with E-state index in [1.54, 1.807) is 26.6 Å². The minimum absolute atomic E-state index is 0.316. The summed E-state index contributed by atoms with van der Waals surface area (Å²) in [4.78, 5) is 15.9. The highest BCUT2D eigenvalue weighted by Gasteiger charge is 2.17. The van der Waals surface area contributed by atoms with E-state index in [0.29, 0.717) is 60.9 Å². The van der Waals surface area contributed by atoms with Crippen LogP contribution in [0.15, 0.2) is 54.9 Å². The fourth-order valence-electron chi connectivity index (χ4n) is 4.43. The molecule has 1 fully saturated rings. The van der Waals surface area contributed by atoms with Crippen molar-refractivity contribution in [1.29, 1.82) is 5.26 Å². The van der Waals surface area contributed by atoms with Gasteiger partial charge < -0.3 is 23.8 Å². The first-order valence-corrected chi connectivity index (χ1v) is 12.4. The molecule has 1 saturated heterocycles. The summed E-state index contributed by atoms with van der Waals surface area (Å²) in [6, 6.07) is 15.9. The predicted octanol–water partition coefficient (Wildman–Crippen LogP) is 4.06. The Hall–Kier alpha value is -4.26. The zero-order chi connectivity index (χ0) is 26.3. The van der Waals surface area contributed by atoms with Gasteiger partial charge in [0.2, 0.25) is 0 Å². The molecule has 1 aliphatic heterocycles. The summed E-state index contributed by atoms with van der Waals surface area (Å²) < 4.78 is 22.2. The Morgan fingerprint density at radius 1 is 0.947 bits per heavy atom. The first-order chi connectivity index (χ1) is 18.7. The van der Waals surface area contributed by atoms with E-state index in [4.69, 9.17) is 23.9 Å². The number of pyridine rings is 1. The van der Waals surface area contributed by atoms with E-state index in [9.17, 15) is 5.26 Å². The van der Waals surface area contributed by atoms with Crippen molar-refractivity contribution >= 4 is 16.9 Å². The summed E-state index contributed by atoms with van der Waals surface area (Å²) >= 11 is 0. The van der Waals surface area contributed by atoms with Crippen LogP contribution in [0.25, 0.3) is 11.0 Å². The smallest absolute Gasteiger partial charge is 0.161 e. The fourth-order valence-corrected chi connectivity index (χ4v) is 4.43. The summed E-state index contributed by atoms with van der Waals surface area (Å²) in [5.74, 6) is 2.01. The molecule has 0 atom stereocenters. The number of anilines is 1. The number of nitriles is 1. The largest absolute Gasteiger partial charge is 0.493 e. The van der Waals surface area contributed by atoms with Crippen molar-refractivity contribution in [3.63, 3.8) is 0 Å². The van der Waals surface area contributed by atoms with Crippen LogP contribution in [-0.2, 0) is 29.1 Å². The van der Waals surface area contributed by atoms with Gasteiger partial charge in [-0.2, -0.15) is 5.26 Å². The van der Waals surface area contributed by atoms with Crippen molar-refractivity contribution < 1.29 is 18.9 Å². The Labute approximate surface area is 221 Å². The van der Waals surface area contributed by atoms with Crippen molar-refractivity contribution in [3.05, 3.63) is 82.8 Å². The SMILES string of the molecule is COCc1ccc(COc2ccc(Cc3ccc4ncc(N5CCOCC5)nc4c3C#N)cc2OC)nc1. The Bertz CT molecular complexity index is 1450. The third kappa shape index (κ3) is 5.67. The molecule has 194 valence electrons. The van der Waals surface area contributed by atoms with Gasteiger partial charge in [-0.15, -0.1) is 0 Å². The summed E-state index contributed by atoms with van der Waals surface area (Å²) in [6.45, 7) is 3.66. The maximum atomic E-state index is 10.1. The number of hydrogen-bond donors (Lipinski definition) is 0. The second kappa shape index (κ2) is 11.9. The van der Waals surface area contributed by atoms with E-state index in [0.717, 1.165) is 41.3 Å². The zero-order valence-corrected chi connectivity index (χ0v) is 21.5. The van der Waals surface area contributed by atoms with Crippen LogP contribution < -0.4 is 14.4 Å². The minimum Gasteiger partial charge on any atom is -0.493 e. The fraction of sp³-hybridized carbons (Fsp3) is 0.310. The number of nitrogens with zero attached hydrogens (tertiary/aromatic N) is 5. The highest BCUT2D eigenvalue weighted by atomic mass is 16.5. The normalized spacial score (nSPS) is 13.3. The highest BCUT2D eigenvalue weighted by Crippen LogP contribution is 2.31. The average molecular weight is 512 g/mol. The van der Waals surface area contributed by atoms with Crippen LogP contribution in [-0.4, -0.2) is 55.5 Å². The van der Waals surface area contributed by atoms with Crippen LogP contribution in [0.5, 0.6) is 11.5 Å². The molecular formula is C29H29N5O4. The Morgan fingerprint density at radius 2 is 1.79 bits per heavy atom. The summed E-state index contributed by atoms with van der Waals surface area (Å²) in [6.07, 6.45) is 4.09. The molecule has 0 amide bonds. The Balaban J connectivity index is 1.35. The molecule has 1 aliphatic rings. The van der Waals surface area contributed by atoms with Crippen molar-refractivity contribution in [2.24, 2.45) is 0 Å². The highest BCUT2D eigenvalue weighted by molar-refractivity contribution is 5.83. The number of aromatic nitrogens is 3. The van der Waals surface area contributed by atoms with Crippen LogP contribution in [0.3, 0.4) is 0 Å². The van der Waals surface area contributed by atoms with Crippen LogP contribution in [0.4, 0.5) is 5.82 Å². The molecule has 2 aromatic carbocycles. The number of morpholine rings is 1. The number of fused-ring (bicyclic) bond motifs is 1. The van der Waals surface area contributed by atoms with Crippen molar-refractivity contribution in [2.75, 3.05) is 45.4 Å². The van der Waals surface area contributed by atoms with Gasteiger partial charge in [0.15, 0.2) is 11.5 Å². The van der Waals surface area contributed by atoms with E-state index < -0.39 is 0 Å². The zero-order valence-electron chi connectivity index (χ0n) is 21.5. The van der Waals surface area contributed by atoms with Crippen LogP contribution in [0, 0.1) is 11.3 Å². The van der Waals surface area contributed by atoms with Gasteiger partial charge >= 0.3 is 0 Å². The average Bonchev–Trinajstić information content (AvgIpc) is 2.97. The van der Waals surface area contributed by atoms with E-state index >= 15 is 0 Å². The molecule has 0 bridgehead atoms. The molecule has 2 aromatic heterocycles. The quantitative estimate of drug-likeness (QED) is 0.329. The Morgan fingerprint density at radius 3 is 2.53 bits per heavy atom. The summed E-state index contributed by atoms with van der Waals surface area (Å²) in [7, 11) is 3.27. The molecule has 0 aliphatic carbocycles.